The van der Waals surface area contributed by atoms with Crippen molar-refractivity contribution >= 4 is 65.2 Å². The summed E-state index contributed by atoms with van der Waals surface area (Å²) in [6.07, 6.45) is 0. The van der Waals surface area contributed by atoms with Gasteiger partial charge in [-0.2, -0.15) is 0 Å². The molecule has 9 rings (SSSR count). The first kappa shape index (κ1) is 20.0. The van der Waals surface area contributed by atoms with Gasteiger partial charge < -0.3 is 9.13 Å². The highest BCUT2D eigenvalue weighted by Crippen LogP contribution is 2.44. The van der Waals surface area contributed by atoms with Gasteiger partial charge in [0.25, 0.3) is 0 Å². The lowest BCUT2D eigenvalue weighted by molar-refractivity contribution is 1.17. The number of rotatable bonds is 2. The van der Waals surface area contributed by atoms with Crippen molar-refractivity contribution in [3.05, 3.63) is 133 Å². The Hall–Kier alpha value is -5.08. The van der Waals surface area contributed by atoms with Crippen LogP contribution in [0.3, 0.4) is 0 Å². The Labute approximate surface area is 218 Å². The summed E-state index contributed by atoms with van der Waals surface area (Å²) in [4.78, 5) is 0. The van der Waals surface area contributed by atoms with Crippen molar-refractivity contribution < 1.29 is 0 Å². The van der Waals surface area contributed by atoms with Crippen LogP contribution in [0.15, 0.2) is 133 Å². The normalized spacial score (nSPS) is 12.2. The van der Waals surface area contributed by atoms with Gasteiger partial charge in [0.05, 0.1) is 22.1 Å². The second-order valence-corrected chi connectivity index (χ2v) is 10.2. The van der Waals surface area contributed by atoms with Gasteiger partial charge in [-0.05, 0) is 70.1 Å². The van der Waals surface area contributed by atoms with Gasteiger partial charge in [-0.25, -0.2) is 0 Å². The fraction of sp³-hybridized carbons (Fsp3) is 0. The quantitative estimate of drug-likeness (QED) is 0.217. The minimum absolute atomic E-state index is 1.18. The van der Waals surface area contributed by atoms with E-state index in [1.807, 2.05) is 0 Å². The van der Waals surface area contributed by atoms with E-state index < -0.39 is 0 Å². The van der Waals surface area contributed by atoms with E-state index >= 15 is 0 Å². The van der Waals surface area contributed by atoms with Gasteiger partial charge in [0.2, 0.25) is 0 Å². The third kappa shape index (κ3) is 2.47. The van der Waals surface area contributed by atoms with Crippen LogP contribution in [0.4, 0.5) is 0 Å². The zero-order valence-corrected chi connectivity index (χ0v) is 20.6. The number of aromatic nitrogens is 2. The lowest BCUT2D eigenvalue weighted by atomic mass is 9.95. The van der Waals surface area contributed by atoms with Gasteiger partial charge in [-0.1, -0.05) is 84.9 Å². The van der Waals surface area contributed by atoms with Crippen LogP contribution in [-0.4, -0.2) is 9.13 Å². The Bertz CT molecular complexity index is 2250. The highest BCUT2D eigenvalue weighted by molar-refractivity contribution is 6.34. The molecular formula is C36H22N2. The van der Waals surface area contributed by atoms with E-state index in [1.165, 1.54) is 76.5 Å². The van der Waals surface area contributed by atoms with Crippen molar-refractivity contribution in [1.82, 2.24) is 9.13 Å². The molecule has 0 radical (unpaired) electrons. The Morgan fingerprint density at radius 2 is 0.789 bits per heavy atom. The minimum atomic E-state index is 1.18. The molecule has 0 amide bonds. The fourth-order valence-corrected chi connectivity index (χ4v) is 6.74. The predicted molar refractivity (Wildman–Crippen MR) is 161 cm³/mol. The number of hydrogen-bond donors (Lipinski definition) is 0. The molecule has 0 aliphatic carbocycles. The molecule has 2 nitrogen and oxygen atoms in total. The summed E-state index contributed by atoms with van der Waals surface area (Å²) in [6.45, 7) is 0. The van der Waals surface area contributed by atoms with E-state index in [0.717, 1.165) is 0 Å². The predicted octanol–water partition coefficient (Wildman–Crippen LogP) is 9.62. The minimum Gasteiger partial charge on any atom is -0.309 e. The summed E-state index contributed by atoms with van der Waals surface area (Å²) >= 11 is 0. The summed E-state index contributed by atoms with van der Waals surface area (Å²) in [7, 11) is 0. The molecule has 0 saturated heterocycles. The third-order valence-electron chi connectivity index (χ3n) is 8.25. The van der Waals surface area contributed by atoms with Crippen molar-refractivity contribution in [2.24, 2.45) is 0 Å². The van der Waals surface area contributed by atoms with Gasteiger partial charge in [-0.3, -0.25) is 0 Å². The number of para-hydroxylation sites is 2. The van der Waals surface area contributed by atoms with Crippen molar-refractivity contribution in [2.45, 2.75) is 0 Å². The summed E-state index contributed by atoms with van der Waals surface area (Å²) in [5.41, 5.74) is 7.33. The number of fused-ring (bicyclic) bond motifs is 6. The monoisotopic (exact) mass is 482 g/mol. The van der Waals surface area contributed by atoms with E-state index in [-0.39, 0.29) is 0 Å². The van der Waals surface area contributed by atoms with Crippen LogP contribution in [0.25, 0.3) is 76.5 Å². The molecule has 0 atom stereocenters. The molecule has 0 spiro atoms. The molecular weight excluding hydrogens is 460 g/mol. The van der Waals surface area contributed by atoms with E-state index in [1.54, 1.807) is 0 Å². The lowest BCUT2D eigenvalue weighted by Gasteiger charge is -2.10. The highest BCUT2D eigenvalue weighted by Gasteiger charge is 2.20. The Morgan fingerprint density at radius 1 is 0.289 bits per heavy atom. The lowest BCUT2D eigenvalue weighted by Crippen LogP contribution is -1.95. The molecule has 0 aliphatic heterocycles. The van der Waals surface area contributed by atoms with E-state index in [0.29, 0.717) is 0 Å². The average molecular weight is 483 g/mol. The van der Waals surface area contributed by atoms with E-state index in [9.17, 15) is 0 Å². The summed E-state index contributed by atoms with van der Waals surface area (Å²) < 4.78 is 4.83. The Balaban J connectivity index is 1.43. The molecule has 176 valence electrons. The zero-order valence-electron chi connectivity index (χ0n) is 20.6. The van der Waals surface area contributed by atoms with Gasteiger partial charge >= 0.3 is 0 Å². The number of hydrogen-bond acceptors (Lipinski definition) is 0. The largest absolute Gasteiger partial charge is 0.309 e. The Morgan fingerprint density at radius 3 is 1.47 bits per heavy atom. The standard InChI is InChI=1S/C36H22N2/c1-2-10-23(11-3-1)37-31-17-7-6-14-27(31)30-22-24(20-21-32(30)37)38-33-18-8-15-28-25-12-4-5-13-26(25)29-16-9-19-34(38)36(29)35(28)33/h1-22H. The molecule has 0 saturated carbocycles. The summed E-state index contributed by atoms with van der Waals surface area (Å²) in [5.74, 6) is 0. The maximum atomic E-state index is 2.46. The average Bonchev–Trinajstić information content (AvgIpc) is 3.50. The molecule has 9 aromatic rings. The van der Waals surface area contributed by atoms with Crippen LogP contribution in [0.2, 0.25) is 0 Å². The molecule has 7 aromatic carbocycles. The van der Waals surface area contributed by atoms with Crippen LogP contribution >= 0.6 is 0 Å². The van der Waals surface area contributed by atoms with Crippen LogP contribution < -0.4 is 0 Å². The van der Waals surface area contributed by atoms with E-state index in [4.69, 9.17) is 0 Å². The molecule has 0 unspecified atom stereocenters. The first-order chi connectivity index (χ1) is 18.9. The molecule has 2 heteroatoms. The van der Waals surface area contributed by atoms with Crippen LogP contribution in [-0.2, 0) is 0 Å². The van der Waals surface area contributed by atoms with Crippen molar-refractivity contribution in [3.8, 4) is 11.4 Å². The van der Waals surface area contributed by atoms with Gasteiger partial charge in [0, 0.05) is 32.9 Å². The Kier molecular flexibility index (Phi) is 3.82. The van der Waals surface area contributed by atoms with Crippen LogP contribution in [0.1, 0.15) is 0 Å². The smallest absolute Gasteiger partial charge is 0.0547 e. The maximum Gasteiger partial charge on any atom is 0.0547 e. The van der Waals surface area contributed by atoms with Crippen molar-refractivity contribution in [1.29, 1.82) is 0 Å². The SMILES string of the molecule is c1ccc(-n2c3ccccc3c3cc(-n4c5cccc6c7ccccc7c7cccc4c7c65)ccc32)cc1. The molecule has 0 bridgehead atoms. The maximum absolute atomic E-state index is 2.46. The molecule has 0 fully saturated rings. The van der Waals surface area contributed by atoms with Crippen LogP contribution in [0.5, 0.6) is 0 Å². The first-order valence-electron chi connectivity index (χ1n) is 13.1. The van der Waals surface area contributed by atoms with Gasteiger partial charge in [-0.15, -0.1) is 0 Å². The van der Waals surface area contributed by atoms with Crippen LogP contribution in [0, 0.1) is 0 Å². The molecule has 38 heavy (non-hydrogen) atoms. The first-order valence-corrected chi connectivity index (χ1v) is 13.1. The van der Waals surface area contributed by atoms with Crippen molar-refractivity contribution in [3.63, 3.8) is 0 Å². The number of nitrogens with zero attached hydrogens (tertiary/aromatic N) is 2. The fourth-order valence-electron chi connectivity index (χ4n) is 6.74. The molecule has 2 heterocycles. The van der Waals surface area contributed by atoms with E-state index in [2.05, 4.69) is 143 Å². The zero-order chi connectivity index (χ0) is 24.8. The highest BCUT2D eigenvalue weighted by atomic mass is 15.0. The van der Waals surface area contributed by atoms with Crippen molar-refractivity contribution in [2.75, 3.05) is 0 Å². The topological polar surface area (TPSA) is 9.86 Å². The molecule has 2 aromatic heterocycles. The number of benzene rings is 7. The third-order valence-corrected chi connectivity index (χ3v) is 8.25. The second kappa shape index (κ2) is 7.24. The second-order valence-electron chi connectivity index (χ2n) is 10.2. The van der Waals surface area contributed by atoms with Gasteiger partial charge in [0.1, 0.15) is 0 Å². The molecule has 0 N–H and O–H groups in total. The summed E-state index contributed by atoms with van der Waals surface area (Å²) in [5, 5.41) is 10.5. The summed E-state index contributed by atoms with van der Waals surface area (Å²) in [6, 6.07) is 48.7. The van der Waals surface area contributed by atoms with Gasteiger partial charge in [0.15, 0.2) is 0 Å². The molecule has 0 aliphatic rings.